The molecule has 0 N–H and O–H groups in total. The predicted octanol–water partition coefficient (Wildman–Crippen LogP) is 4.09. The number of carbonyl (C=O) groups is 1. The van der Waals surface area contributed by atoms with Gasteiger partial charge in [-0.1, -0.05) is 22.0 Å². The molecule has 0 bridgehead atoms. The van der Waals surface area contributed by atoms with Crippen LogP contribution in [0.25, 0.3) is 0 Å². The molecule has 110 valence electrons. The van der Waals surface area contributed by atoms with Crippen molar-refractivity contribution in [2.24, 2.45) is 0 Å². The summed E-state index contributed by atoms with van der Waals surface area (Å²) in [4.78, 5) is 11.3. The third-order valence-electron chi connectivity index (χ3n) is 2.70. The number of benzene rings is 2. The summed E-state index contributed by atoms with van der Waals surface area (Å²) in [7, 11) is 1.22. The molecule has 0 radical (unpaired) electrons. The molecule has 3 nitrogen and oxygen atoms in total. The number of rotatable bonds is 4. The second-order valence-corrected chi connectivity index (χ2v) is 5.11. The van der Waals surface area contributed by atoms with Crippen molar-refractivity contribution in [3.05, 3.63) is 63.6 Å². The van der Waals surface area contributed by atoms with Crippen LogP contribution in [0.5, 0.6) is 5.75 Å². The molecule has 0 atom stereocenters. The van der Waals surface area contributed by atoms with Crippen molar-refractivity contribution >= 4 is 21.9 Å². The lowest BCUT2D eigenvalue weighted by Crippen LogP contribution is -2.04. The number of methoxy groups -OCH3 is 1. The van der Waals surface area contributed by atoms with Gasteiger partial charge in [-0.15, -0.1) is 0 Å². The number of hydrogen-bond acceptors (Lipinski definition) is 3. The smallest absolute Gasteiger partial charge is 0.337 e. The lowest BCUT2D eigenvalue weighted by Gasteiger charge is -2.09. The number of carbonyl (C=O) groups excluding carboxylic acids is 1. The van der Waals surface area contributed by atoms with Crippen LogP contribution >= 0.6 is 15.9 Å². The van der Waals surface area contributed by atoms with E-state index in [1.165, 1.54) is 31.4 Å². The average molecular weight is 357 g/mol. The zero-order chi connectivity index (χ0) is 15.4. The molecule has 21 heavy (non-hydrogen) atoms. The summed E-state index contributed by atoms with van der Waals surface area (Å²) < 4.78 is 37.4. The molecule has 2 aromatic rings. The van der Waals surface area contributed by atoms with Gasteiger partial charge in [0.2, 0.25) is 0 Å². The highest BCUT2D eigenvalue weighted by Crippen LogP contribution is 2.22. The topological polar surface area (TPSA) is 35.5 Å². The Morgan fingerprint density at radius 3 is 2.57 bits per heavy atom. The van der Waals surface area contributed by atoms with Crippen LogP contribution in [0.2, 0.25) is 0 Å². The monoisotopic (exact) mass is 356 g/mol. The molecule has 0 aliphatic heterocycles. The maximum Gasteiger partial charge on any atom is 0.337 e. The first-order valence-corrected chi connectivity index (χ1v) is 6.74. The Kier molecular flexibility index (Phi) is 4.90. The average Bonchev–Trinajstić information content (AvgIpc) is 2.44. The van der Waals surface area contributed by atoms with E-state index >= 15 is 0 Å². The third kappa shape index (κ3) is 4.01. The fraction of sp³-hybridized carbons (Fsp3) is 0.133. The number of hydrogen-bond donors (Lipinski definition) is 0. The van der Waals surface area contributed by atoms with Gasteiger partial charge in [0, 0.05) is 16.1 Å². The van der Waals surface area contributed by atoms with Crippen LogP contribution < -0.4 is 4.74 Å². The Hall–Kier alpha value is -1.95. The largest absolute Gasteiger partial charge is 0.489 e. The Labute approximate surface area is 128 Å². The van der Waals surface area contributed by atoms with Crippen molar-refractivity contribution in [3.63, 3.8) is 0 Å². The van der Waals surface area contributed by atoms with E-state index in [1.54, 1.807) is 6.07 Å². The van der Waals surface area contributed by atoms with Crippen molar-refractivity contribution in [1.29, 1.82) is 0 Å². The molecule has 0 saturated heterocycles. The Morgan fingerprint density at radius 1 is 1.19 bits per heavy atom. The van der Waals surface area contributed by atoms with Crippen molar-refractivity contribution in [2.45, 2.75) is 6.61 Å². The second-order valence-electron chi connectivity index (χ2n) is 4.19. The fourth-order valence-electron chi connectivity index (χ4n) is 1.68. The van der Waals surface area contributed by atoms with Crippen LogP contribution in [-0.4, -0.2) is 13.1 Å². The minimum Gasteiger partial charge on any atom is -0.489 e. The molecule has 2 rings (SSSR count). The summed E-state index contributed by atoms with van der Waals surface area (Å²) in [6.45, 7) is -0.0802. The highest BCUT2D eigenvalue weighted by Gasteiger charge is 2.10. The van der Waals surface area contributed by atoms with Gasteiger partial charge in [-0.3, -0.25) is 0 Å². The lowest BCUT2D eigenvalue weighted by molar-refractivity contribution is 0.0600. The predicted molar refractivity (Wildman–Crippen MR) is 76.2 cm³/mol. The van der Waals surface area contributed by atoms with E-state index < -0.39 is 17.6 Å². The van der Waals surface area contributed by atoms with Gasteiger partial charge in [0.15, 0.2) is 0 Å². The zero-order valence-corrected chi connectivity index (χ0v) is 12.6. The van der Waals surface area contributed by atoms with Crippen LogP contribution in [0, 0.1) is 11.6 Å². The quantitative estimate of drug-likeness (QED) is 0.774. The maximum atomic E-state index is 13.8. The van der Waals surface area contributed by atoms with Crippen LogP contribution in [0.1, 0.15) is 15.9 Å². The normalized spacial score (nSPS) is 10.3. The Balaban J connectivity index is 2.11. The molecule has 0 aliphatic carbocycles. The summed E-state index contributed by atoms with van der Waals surface area (Å²) in [5.41, 5.74) is 0.371. The van der Waals surface area contributed by atoms with Gasteiger partial charge in [0.05, 0.1) is 12.7 Å². The minimum atomic E-state index is -0.615. The molecule has 0 unspecified atom stereocenters. The van der Waals surface area contributed by atoms with Gasteiger partial charge in [-0.05, 0) is 24.3 Å². The van der Waals surface area contributed by atoms with Crippen molar-refractivity contribution in [3.8, 4) is 5.75 Å². The van der Waals surface area contributed by atoms with Crippen LogP contribution in [0.15, 0.2) is 40.9 Å². The van der Waals surface area contributed by atoms with Gasteiger partial charge in [-0.25, -0.2) is 13.6 Å². The van der Waals surface area contributed by atoms with E-state index in [9.17, 15) is 13.6 Å². The van der Waals surface area contributed by atoms with Gasteiger partial charge in [0.25, 0.3) is 0 Å². The molecular formula is C15H11BrF2O3. The van der Waals surface area contributed by atoms with Gasteiger partial charge in [0.1, 0.15) is 24.0 Å². The molecule has 6 heteroatoms. The molecular weight excluding hydrogens is 346 g/mol. The molecule has 0 aromatic heterocycles. The van der Waals surface area contributed by atoms with Crippen LogP contribution in [-0.2, 0) is 11.3 Å². The third-order valence-corrected chi connectivity index (χ3v) is 3.16. The summed E-state index contributed by atoms with van der Waals surface area (Å²) in [6, 6.07) is 8.00. The van der Waals surface area contributed by atoms with Gasteiger partial charge < -0.3 is 9.47 Å². The first-order chi connectivity index (χ1) is 9.99. The standard InChI is InChI=1S/C15H11BrF2O3/c1-20-15(19)9-2-3-10(14(18)4-9)8-21-13-6-11(16)5-12(17)7-13/h2-7H,8H2,1H3. The Bertz CT molecular complexity index is 654. The first-order valence-electron chi connectivity index (χ1n) is 5.95. The summed E-state index contributed by atoms with van der Waals surface area (Å²) in [5.74, 6) is -1.39. The molecule has 0 saturated carbocycles. The van der Waals surface area contributed by atoms with Crippen molar-refractivity contribution in [2.75, 3.05) is 7.11 Å². The van der Waals surface area contributed by atoms with Gasteiger partial charge in [-0.2, -0.15) is 0 Å². The van der Waals surface area contributed by atoms with E-state index in [2.05, 4.69) is 20.7 Å². The van der Waals surface area contributed by atoms with Crippen LogP contribution in [0.3, 0.4) is 0 Å². The highest BCUT2D eigenvalue weighted by atomic mass is 79.9. The van der Waals surface area contributed by atoms with Crippen LogP contribution in [0.4, 0.5) is 8.78 Å². The van der Waals surface area contributed by atoms with E-state index in [4.69, 9.17) is 4.74 Å². The maximum absolute atomic E-state index is 13.8. The fourth-order valence-corrected chi connectivity index (χ4v) is 2.13. The molecule has 0 fully saturated rings. The number of esters is 1. The van der Waals surface area contributed by atoms with E-state index in [1.807, 2.05) is 0 Å². The van der Waals surface area contributed by atoms with Gasteiger partial charge >= 0.3 is 5.97 Å². The highest BCUT2D eigenvalue weighted by molar-refractivity contribution is 9.10. The number of halogens is 3. The molecule has 0 heterocycles. The van der Waals surface area contributed by atoms with E-state index in [-0.39, 0.29) is 23.5 Å². The first kappa shape index (κ1) is 15.4. The summed E-state index contributed by atoms with van der Waals surface area (Å²) in [6.07, 6.45) is 0. The Morgan fingerprint density at radius 2 is 1.95 bits per heavy atom. The van der Waals surface area contributed by atoms with Crippen molar-refractivity contribution < 1.29 is 23.0 Å². The molecule has 0 spiro atoms. The SMILES string of the molecule is COC(=O)c1ccc(COc2cc(F)cc(Br)c2)c(F)c1. The second kappa shape index (κ2) is 6.67. The lowest BCUT2D eigenvalue weighted by atomic mass is 10.1. The number of ether oxygens (including phenoxy) is 2. The summed E-state index contributed by atoms with van der Waals surface area (Å²) >= 11 is 3.14. The van der Waals surface area contributed by atoms with E-state index in [0.29, 0.717) is 4.47 Å². The van der Waals surface area contributed by atoms with E-state index in [0.717, 1.165) is 6.07 Å². The molecule has 0 aliphatic rings. The van der Waals surface area contributed by atoms with Crippen molar-refractivity contribution in [1.82, 2.24) is 0 Å². The minimum absolute atomic E-state index is 0.0802. The zero-order valence-electron chi connectivity index (χ0n) is 11.0. The summed E-state index contributed by atoms with van der Waals surface area (Å²) in [5, 5.41) is 0. The molecule has 0 amide bonds. The molecule has 2 aromatic carbocycles.